The van der Waals surface area contributed by atoms with Gasteiger partial charge in [-0.2, -0.15) is 0 Å². The molecule has 3 heterocycles. The summed E-state index contributed by atoms with van der Waals surface area (Å²) in [6.07, 6.45) is 2.62. The molecule has 4 nitrogen and oxygen atoms in total. The molecule has 1 aliphatic heterocycles. The number of benzene rings is 5. The molecule has 0 aliphatic carbocycles. The van der Waals surface area contributed by atoms with Crippen LogP contribution in [0.2, 0.25) is 0 Å². The van der Waals surface area contributed by atoms with Crippen LogP contribution in [0, 0.1) is 0 Å². The molecule has 186 valence electrons. The van der Waals surface area contributed by atoms with Crippen LogP contribution in [0.15, 0.2) is 115 Å². The summed E-state index contributed by atoms with van der Waals surface area (Å²) in [5, 5.41) is 5.88. The predicted octanol–water partition coefficient (Wildman–Crippen LogP) is 6.91. The fourth-order valence-corrected chi connectivity index (χ4v) is 9.34. The molecule has 0 radical (unpaired) electrons. The van der Waals surface area contributed by atoms with E-state index in [2.05, 4.69) is 66.1 Å². The topological polar surface area (TPSA) is 47.8 Å². The molecule has 1 atom stereocenters. The van der Waals surface area contributed by atoms with Gasteiger partial charge >= 0.3 is 0 Å². The van der Waals surface area contributed by atoms with E-state index in [4.69, 9.17) is 9.97 Å². The van der Waals surface area contributed by atoms with Crippen LogP contribution in [0.3, 0.4) is 0 Å². The molecule has 5 heteroatoms. The Morgan fingerprint density at radius 2 is 1.51 bits per heavy atom. The highest BCUT2D eigenvalue weighted by Crippen LogP contribution is 2.51. The average Bonchev–Trinajstić information content (AvgIpc) is 3.39. The minimum atomic E-state index is -3.19. The zero-order valence-electron chi connectivity index (χ0n) is 21.4. The van der Waals surface area contributed by atoms with Gasteiger partial charge in [0.25, 0.3) is 0 Å². The number of hydrogen-bond acceptors (Lipinski definition) is 3. The molecule has 0 saturated carbocycles. The van der Waals surface area contributed by atoms with Crippen LogP contribution in [-0.2, 0) is 11.0 Å². The molecule has 7 aromatic rings. The van der Waals surface area contributed by atoms with Crippen molar-refractivity contribution in [3.8, 4) is 16.8 Å². The van der Waals surface area contributed by atoms with Gasteiger partial charge in [0.05, 0.1) is 22.2 Å². The van der Waals surface area contributed by atoms with E-state index in [0.717, 1.165) is 77.7 Å². The normalized spacial score (nSPS) is 16.1. The fraction of sp³-hybridized carbons (Fsp3) is 0.0588. The Bertz CT molecular complexity index is 2150. The number of imidazole rings is 1. The number of pyridine rings is 1. The van der Waals surface area contributed by atoms with Crippen molar-refractivity contribution in [2.75, 3.05) is 0 Å². The molecule has 0 N–H and O–H groups in total. The number of para-hydroxylation sites is 2. The zero-order chi connectivity index (χ0) is 26.1. The Morgan fingerprint density at radius 3 is 2.38 bits per heavy atom. The minimum absolute atomic E-state index is 0.761. The summed E-state index contributed by atoms with van der Waals surface area (Å²) in [5.41, 5.74) is 5.88. The van der Waals surface area contributed by atoms with Crippen molar-refractivity contribution in [2.24, 2.45) is 0 Å². The lowest BCUT2D eigenvalue weighted by Crippen LogP contribution is -2.33. The van der Waals surface area contributed by atoms with Crippen molar-refractivity contribution in [3.05, 3.63) is 121 Å². The van der Waals surface area contributed by atoms with Gasteiger partial charge in [-0.25, -0.2) is 4.98 Å². The number of aryl methyl sites for hydroxylation is 1. The lowest BCUT2D eigenvalue weighted by Gasteiger charge is -2.31. The Labute approximate surface area is 226 Å². The van der Waals surface area contributed by atoms with E-state index in [1.54, 1.807) is 0 Å². The van der Waals surface area contributed by atoms with Crippen molar-refractivity contribution in [3.63, 3.8) is 0 Å². The molecular formula is C34H24N3OP. The molecule has 1 aliphatic rings. The van der Waals surface area contributed by atoms with Crippen LogP contribution in [0.4, 0.5) is 0 Å². The maximum atomic E-state index is 15.6. The third kappa shape index (κ3) is 2.98. The van der Waals surface area contributed by atoms with Gasteiger partial charge in [0.2, 0.25) is 0 Å². The van der Waals surface area contributed by atoms with E-state index in [1.807, 2.05) is 60.8 Å². The first-order valence-corrected chi connectivity index (χ1v) is 15.0. The van der Waals surface area contributed by atoms with Crippen LogP contribution in [0.25, 0.3) is 49.5 Å². The maximum absolute atomic E-state index is 15.6. The molecule has 0 bridgehead atoms. The third-order valence-electron chi connectivity index (χ3n) is 7.98. The van der Waals surface area contributed by atoms with Crippen molar-refractivity contribution in [1.82, 2.24) is 14.5 Å². The first-order chi connectivity index (χ1) is 19.2. The summed E-state index contributed by atoms with van der Waals surface area (Å²) in [4.78, 5) is 9.85. The number of aromatic nitrogens is 3. The highest BCUT2D eigenvalue weighted by atomic mass is 31.2. The van der Waals surface area contributed by atoms with Crippen LogP contribution < -0.4 is 15.9 Å². The zero-order valence-corrected chi connectivity index (χ0v) is 22.3. The Morgan fingerprint density at radius 1 is 0.744 bits per heavy atom. The predicted molar refractivity (Wildman–Crippen MR) is 162 cm³/mol. The standard InChI is InChI=1S/C34H24N3OP/c1-2-31-36-28-17-9-19-30-34(28)37(31)33-26(15-8-18-29(33)39(30,38)23-12-4-3-5-13-23)27-21-22-11-6-7-14-24(22)32-25(27)16-10-20-35-32/h3-21H,2H2,1H3. The number of hydrogen-bond donors (Lipinski definition) is 0. The van der Waals surface area contributed by atoms with Gasteiger partial charge < -0.3 is 4.57 Å². The molecule has 39 heavy (non-hydrogen) atoms. The average molecular weight is 522 g/mol. The van der Waals surface area contributed by atoms with Gasteiger partial charge in [0.15, 0.2) is 7.14 Å². The van der Waals surface area contributed by atoms with E-state index in [9.17, 15) is 0 Å². The number of nitrogens with zero attached hydrogens (tertiary/aromatic N) is 3. The van der Waals surface area contributed by atoms with E-state index in [0.29, 0.717) is 0 Å². The van der Waals surface area contributed by atoms with Crippen LogP contribution in [0.5, 0.6) is 0 Å². The number of rotatable bonds is 3. The summed E-state index contributed by atoms with van der Waals surface area (Å²) in [5.74, 6) is 0.966. The Balaban J connectivity index is 1.58. The van der Waals surface area contributed by atoms with Crippen LogP contribution >= 0.6 is 7.14 Å². The molecule has 1 unspecified atom stereocenters. The van der Waals surface area contributed by atoms with E-state index in [-0.39, 0.29) is 0 Å². The highest BCUT2D eigenvalue weighted by Gasteiger charge is 2.40. The Hall–Kier alpha value is -4.53. The van der Waals surface area contributed by atoms with Crippen molar-refractivity contribution in [2.45, 2.75) is 13.3 Å². The summed E-state index contributed by atoms with van der Waals surface area (Å²) in [6, 6.07) is 37.0. The second-order valence-electron chi connectivity index (χ2n) is 10.0. The summed E-state index contributed by atoms with van der Waals surface area (Å²) in [7, 11) is -3.19. The molecule has 0 fully saturated rings. The van der Waals surface area contributed by atoms with E-state index >= 15 is 4.57 Å². The van der Waals surface area contributed by atoms with Gasteiger partial charge in [-0.15, -0.1) is 0 Å². The third-order valence-corrected chi connectivity index (χ3v) is 11.1. The smallest absolute Gasteiger partial charge is 0.175 e. The molecular weight excluding hydrogens is 497 g/mol. The first kappa shape index (κ1) is 22.5. The molecule has 0 spiro atoms. The van der Waals surface area contributed by atoms with Crippen LogP contribution in [0.1, 0.15) is 12.7 Å². The van der Waals surface area contributed by atoms with E-state index in [1.165, 1.54) is 0 Å². The second-order valence-corrected chi connectivity index (χ2v) is 12.7. The fourth-order valence-electron chi connectivity index (χ4n) is 6.30. The molecule has 2 aromatic heterocycles. The maximum Gasteiger partial charge on any atom is 0.175 e. The van der Waals surface area contributed by atoms with Crippen molar-refractivity contribution >= 4 is 55.8 Å². The highest BCUT2D eigenvalue weighted by molar-refractivity contribution is 7.86. The molecule has 0 amide bonds. The SMILES string of the molecule is CCc1nc2cccc3c2n1-c1c(-c2cc4ccccc4c4ncccc24)cccc1P3(=O)c1ccccc1. The lowest BCUT2D eigenvalue weighted by atomic mass is 9.94. The van der Waals surface area contributed by atoms with Gasteiger partial charge in [-0.05, 0) is 41.3 Å². The molecule has 5 aromatic carbocycles. The van der Waals surface area contributed by atoms with Gasteiger partial charge in [-0.3, -0.25) is 9.55 Å². The largest absolute Gasteiger partial charge is 0.308 e. The summed E-state index contributed by atoms with van der Waals surface area (Å²) < 4.78 is 17.8. The molecule has 8 rings (SSSR count). The second kappa shape index (κ2) is 8.23. The van der Waals surface area contributed by atoms with Gasteiger partial charge in [0, 0.05) is 44.9 Å². The van der Waals surface area contributed by atoms with Crippen LogP contribution in [-0.4, -0.2) is 14.5 Å². The van der Waals surface area contributed by atoms with Crippen molar-refractivity contribution < 1.29 is 4.57 Å². The molecule has 0 saturated heterocycles. The number of fused-ring (bicyclic) bond motifs is 5. The first-order valence-electron chi connectivity index (χ1n) is 13.3. The van der Waals surface area contributed by atoms with Crippen molar-refractivity contribution in [1.29, 1.82) is 0 Å². The summed E-state index contributed by atoms with van der Waals surface area (Å²) in [6.45, 7) is 2.13. The minimum Gasteiger partial charge on any atom is -0.308 e. The summed E-state index contributed by atoms with van der Waals surface area (Å²) >= 11 is 0. The lowest BCUT2D eigenvalue weighted by molar-refractivity contribution is 0.592. The quantitative estimate of drug-likeness (QED) is 0.188. The Kier molecular flexibility index (Phi) is 4.74. The van der Waals surface area contributed by atoms with Gasteiger partial charge in [0.1, 0.15) is 5.82 Å². The van der Waals surface area contributed by atoms with E-state index < -0.39 is 7.14 Å². The monoisotopic (exact) mass is 521 g/mol. The van der Waals surface area contributed by atoms with Gasteiger partial charge in [-0.1, -0.05) is 85.8 Å².